The van der Waals surface area contributed by atoms with E-state index < -0.39 is 15.8 Å². The number of halogens is 2. The van der Waals surface area contributed by atoms with Crippen molar-refractivity contribution >= 4 is 33.2 Å². The van der Waals surface area contributed by atoms with Crippen molar-refractivity contribution in [1.82, 2.24) is 24.6 Å². The fourth-order valence-electron chi connectivity index (χ4n) is 2.95. The van der Waals surface area contributed by atoms with Gasteiger partial charge in [0.2, 0.25) is 10.0 Å². The van der Waals surface area contributed by atoms with E-state index in [1.165, 1.54) is 0 Å². The second-order valence-corrected chi connectivity index (χ2v) is 9.00. The SMILES string of the molecule is O=C(NCc1nnc2ccccn12)c1ccc(CNS(=O)(=O)c2ccc(F)c(Cl)c2)cc1. The maximum absolute atomic E-state index is 13.3. The zero-order valence-electron chi connectivity index (χ0n) is 16.5. The van der Waals surface area contributed by atoms with Crippen molar-refractivity contribution in [2.45, 2.75) is 18.0 Å². The third-order valence-corrected chi connectivity index (χ3v) is 6.36. The number of hydrogen-bond donors (Lipinski definition) is 2. The Balaban J connectivity index is 1.36. The summed E-state index contributed by atoms with van der Waals surface area (Å²) in [6, 6.07) is 15.2. The number of sulfonamides is 1. The highest BCUT2D eigenvalue weighted by molar-refractivity contribution is 7.89. The summed E-state index contributed by atoms with van der Waals surface area (Å²) in [5.74, 6) is -0.400. The number of nitrogens with zero attached hydrogens (tertiary/aromatic N) is 3. The maximum Gasteiger partial charge on any atom is 0.251 e. The van der Waals surface area contributed by atoms with Gasteiger partial charge < -0.3 is 5.32 Å². The third kappa shape index (κ3) is 4.77. The lowest BCUT2D eigenvalue weighted by Crippen LogP contribution is -2.24. The van der Waals surface area contributed by atoms with Gasteiger partial charge in [0.1, 0.15) is 5.82 Å². The predicted octanol–water partition coefficient (Wildman–Crippen LogP) is 2.93. The van der Waals surface area contributed by atoms with Crippen molar-refractivity contribution in [1.29, 1.82) is 0 Å². The molecule has 2 heterocycles. The minimum atomic E-state index is -3.87. The average molecular weight is 474 g/mol. The molecule has 0 fully saturated rings. The first kappa shape index (κ1) is 21.9. The van der Waals surface area contributed by atoms with E-state index in [-0.39, 0.29) is 28.9 Å². The van der Waals surface area contributed by atoms with E-state index in [0.29, 0.717) is 22.6 Å². The van der Waals surface area contributed by atoms with Crippen LogP contribution in [-0.2, 0) is 23.1 Å². The number of carbonyl (C=O) groups is 1. The van der Waals surface area contributed by atoms with E-state index in [2.05, 4.69) is 20.2 Å². The maximum atomic E-state index is 13.3. The Hall–Kier alpha value is -3.34. The molecule has 0 aliphatic heterocycles. The Morgan fingerprint density at radius 1 is 1.03 bits per heavy atom. The molecule has 0 radical (unpaired) electrons. The van der Waals surface area contributed by atoms with E-state index >= 15 is 0 Å². The molecule has 4 aromatic rings. The molecular weight excluding hydrogens is 457 g/mol. The molecule has 0 aliphatic carbocycles. The molecule has 0 saturated heterocycles. The Labute approximate surface area is 188 Å². The van der Waals surface area contributed by atoms with Crippen molar-refractivity contribution in [2.24, 2.45) is 0 Å². The zero-order chi connectivity index (χ0) is 22.7. The lowest BCUT2D eigenvalue weighted by atomic mass is 10.1. The number of fused-ring (bicyclic) bond motifs is 1. The molecule has 0 atom stereocenters. The van der Waals surface area contributed by atoms with E-state index in [4.69, 9.17) is 11.6 Å². The van der Waals surface area contributed by atoms with Crippen LogP contribution in [0.4, 0.5) is 4.39 Å². The molecule has 0 aliphatic rings. The van der Waals surface area contributed by atoms with Crippen LogP contribution in [0.1, 0.15) is 21.7 Å². The van der Waals surface area contributed by atoms with Crippen molar-refractivity contribution in [2.75, 3.05) is 0 Å². The monoisotopic (exact) mass is 473 g/mol. The number of nitrogens with one attached hydrogen (secondary N) is 2. The molecule has 8 nitrogen and oxygen atoms in total. The normalized spacial score (nSPS) is 11.6. The summed E-state index contributed by atoms with van der Waals surface area (Å²) < 4.78 is 42.2. The Bertz CT molecular complexity index is 1390. The molecule has 164 valence electrons. The highest BCUT2D eigenvalue weighted by atomic mass is 35.5. The Morgan fingerprint density at radius 3 is 2.56 bits per heavy atom. The van der Waals surface area contributed by atoms with Gasteiger partial charge in [0.25, 0.3) is 5.91 Å². The summed E-state index contributed by atoms with van der Waals surface area (Å²) in [6.45, 7) is 0.191. The van der Waals surface area contributed by atoms with Gasteiger partial charge in [-0.3, -0.25) is 9.20 Å². The Morgan fingerprint density at radius 2 is 1.81 bits per heavy atom. The van der Waals surface area contributed by atoms with Gasteiger partial charge in [-0.15, -0.1) is 10.2 Å². The second kappa shape index (κ2) is 9.03. The van der Waals surface area contributed by atoms with Crippen LogP contribution in [-0.4, -0.2) is 28.9 Å². The first-order chi connectivity index (χ1) is 15.3. The zero-order valence-corrected chi connectivity index (χ0v) is 18.1. The van der Waals surface area contributed by atoms with Crippen LogP contribution in [0.2, 0.25) is 5.02 Å². The van der Waals surface area contributed by atoms with Crippen LogP contribution in [0.3, 0.4) is 0 Å². The number of hydrogen-bond acceptors (Lipinski definition) is 5. The van der Waals surface area contributed by atoms with Gasteiger partial charge in [0.15, 0.2) is 11.5 Å². The van der Waals surface area contributed by atoms with Gasteiger partial charge in [-0.25, -0.2) is 17.5 Å². The van der Waals surface area contributed by atoms with Gasteiger partial charge in [-0.2, -0.15) is 0 Å². The highest BCUT2D eigenvalue weighted by Gasteiger charge is 2.16. The molecule has 0 bridgehead atoms. The number of amides is 1. The standard InChI is InChI=1S/C21H17ClFN5O3S/c22-17-11-16(8-9-18(17)23)32(30,31)25-12-14-4-6-15(7-5-14)21(29)24-13-20-27-26-19-3-1-2-10-28(19)20/h1-11,25H,12-13H2,(H,24,29). The molecule has 11 heteroatoms. The molecule has 4 rings (SSSR count). The van der Waals surface area contributed by atoms with Crippen LogP contribution in [0, 0.1) is 5.82 Å². The summed E-state index contributed by atoms with van der Waals surface area (Å²) in [6.07, 6.45) is 1.81. The van der Waals surface area contributed by atoms with Gasteiger partial charge in [-0.1, -0.05) is 29.8 Å². The van der Waals surface area contributed by atoms with Crippen LogP contribution >= 0.6 is 11.6 Å². The molecule has 32 heavy (non-hydrogen) atoms. The predicted molar refractivity (Wildman–Crippen MR) is 116 cm³/mol. The minimum Gasteiger partial charge on any atom is -0.345 e. The number of aromatic nitrogens is 3. The van der Waals surface area contributed by atoms with Crippen molar-refractivity contribution in [3.63, 3.8) is 0 Å². The van der Waals surface area contributed by atoms with Gasteiger partial charge >= 0.3 is 0 Å². The molecular formula is C21H17ClFN5O3S. The van der Waals surface area contributed by atoms with Crippen molar-refractivity contribution in [3.05, 3.63) is 94.7 Å². The fraction of sp³-hybridized carbons (Fsp3) is 0.0952. The lowest BCUT2D eigenvalue weighted by molar-refractivity contribution is 0.0949. The van der Waals surface area contributed by atoms with Crippen LogP contribution in [0.5, 0.6) is 0 Å². The summed E-state index contributed by atoms with van der Waals surface area (Å²) in [5, 5.41) is 10.6. The molecule has 2 aromatic carbocycles. The first-order valence-corrected chi connectivity index (χ1v) is 11.3. The van der Waals surface area contributed by atoms with Crippen molar-refractivity contribution in [3.8, 4) is 0 Å². The number of carbonyl (C=O) groups excluding carboxylic acids is 1. The summed E-state index contributed by atoms with van der Waals surface area (Å²) in [7, 11) is -3.87. The number of rotatable bonds is 7. The smallest absolute Gasteiger partial charge is 0.251 e. The molecule has 2 aromatic heterocycles. The fourth-order valence-corrected chi connectivity index (χ4v) is 4.24. The van der Waals surface area contributed by atoms with Gasteiger partial charge in [0, 0.05) is 18.3 Å². The van der Waals surface area contributed by atoms with E-state index in [9.17, 15) is 17.6 Å². The van der Waals surface area contributed by atoms with Crippen molar-refractivity contribution < 1.29 is 17.6 Å². The van der Waals surface area contributed by atoms with E-state index in [0.717, 1.165) is 18.2 Å². The lowest BCUT2D eigenvalue weighted by Gasteiger charge is -2.09. The Kier molecular flexibility index (Phi) is 6.17. The van der Waals surface area contributed by atoms with Gasteiger partial charge in [-0.05, 0) is 48.0 Å². The van der Waals surface area contributed by atoms with Crippen LogP contribution in [0.25, 0.3) is 5.65 Å². The number of pyridine rings is 1. The molecule has 1 amide bonds. The topological polar surface area (TPSA) is 105 Å². The van der Waals surface area contributed by atoms with Crippen LogP contribution < -0.4 is 10.0 Å². The second-order valence-electron chi connectivity index (χ2n) is 6.83. The minimum absolute atomic E-state index is 0.00897. The number of benzene rings is 2. The quantitative estimate of drug-likeness (QED) is 0.429. The van der Waals surface area contributed by atoms with E-state index in [1.54, 1.807) is 28.7 Å². The summed E-state index contributed by atoms with van der Waals surface area (Å²) >= 11 is 5.66. The summed E-state index contributed by atoms with van der Waals surface area (Å²) in [5.41, 5.74) is 1.74. The van der Waals surface area contributed by atoms with E-state index in [1.807, 2.05) is 24.4 Å². The molecule has 2 N–H and O–H groups in total. The molecule has 0 saturated carbocycles. The molecule has 0 unspecified atom stereocenters. The largest absolute Gasteiger partial charge is 0.345 e. The van der Waals surface area contributed by atoms with Crippen LogP contribution in [0.15, 0.2) is 71.8 Å². The van der Waals surface area contributed by atoms with Gasteiger partial charge in [0.05, 0.1) is 16.5 Å². The highest BCUT2D eigenvalue weighted by Crippen LogP contribution is 2.19. The first-order valence-electron chi connectivity index (χ1n) is 9.44. The molecule has 0 spiro atoms. The third-order valence-electron chi connectivity index (χ3n) is 4.68. The average Bonchev–Trinajstić information content (AvgIpc) is 3.21. The summed E-state index contributed by atoms with van der Waals surface area (Å²) in [4.78, 5) is 12.3.